The van der Waals surface area contributed by atoms with E-state index in [1.165, 1.54) is 13.2 Å². The molecule has 0 aromatic rings. The Kier molecular flexibility index (Phi) is 2.53. The predicted molar refractivity (Wildman–Crippen MR) is 52.4 cm³/mol. The van der Waals surface area contributed by atoms with E-state index in [1.807, 2.05) is 0 Å². The average Bonchev–Trinajstić information content (AvgIpc) is 2.73. The van der Waals surface area contributed by atoms with Crippen LogP contribution in [0.2, 0.25) is 0 Å². The van der Waals surface area contributed by atoms with Gasteiger partial charge < -0.3 is 9.84 Å². The summed E-state index contributed by atoms with van der Waals surface area (Å²) >= 11 is 0. The summed E-state index contributed by atoms with van der Waals surface area (Å²) in [6, 6.07) is 0. The van der Waals surface area contributed by atoms with Gasteiger partial charge in [-0.15, -0.1) is 0 Å². The minimum absolute atomic E-state index is 0.0238. The van der Waals surface area contributed by atoms with Crippen molar-refractivity contribution in [1.29, 1.82) is 0 Å². The molecule has 5 nitrogen and oxygen atoms in total. The molecule has 16 heavy (non-hydrogen) atoms. The maximum Gasteiger partial charge on any atom is 0.331 e. The lowest BCUT2D eigenvalue weighted by molar-refractivity contribution is -0.145. The molecule has 1 saturated carbocycles. The first kappa shape index (κ1) is 10.9. The molecule has 0 heterocycles. The molecular weight excluding hydrogens is 212 g/mol. The minimum atomic E-state index is -1.05. The Bertz CT molecular complexity index is 395. The Hall–Kier alpha value is -1.65. The fourth-order valence-corrected chi connectivity index (χ4v) is 2.65. The molecule has 0 radical (unpaired) electrons. The molecule has 2 aliphatic carbocycles. The van der Waals surface area contributed by atoms with E-state index in [-0.39, 0.29) is 36.0 Å². The molecular formula is C11H12O5. The Balaban J connectivity index is 2.31. The van der Waals surface area contributed by atoms with Crippen molar-refractivity contribution >= 4 is 17.7 Å². The van der Waals surface area contributed by atoms with Gasteiger partial charge in [0.25, 0.3) is 0 Å². The number of ketones is 1. The summed E-state index contributed by atoms with van der Waals surface area (Å²) in [6.07, 6.45) is 1.95. The van der Waals surface area contributed by atoms with Gasteiger partial charge in [0, 0.05) is 24.3 Å². The summed E-state index contributed by atoms with van der Waals surface area (Å²) in [5.41, 5.74) is 0.186. The largest absolute Gasteiger partial charge is 0.478 e. The molecule has 2 aliphatic rings. The number of carbonyl (C=O) groups excluding carboxylic acids is 2. The molecule has 0 amide bonds. The SMILES string of the molecule is COC(=O)C1C=C(C(=O)O)C2CC(=O)CC12. The third kappa shape index (κ3) is 1.52. The predicted octanol–water partition coefficient (Wildman–Crippen LogP) is 0.395. The van der Waals surface area contributed by atoms with Crippen LogP contribution in [0, 0.1) is 17.8 Å². The number of fused-ring (bicyclic) bond motifs is 1. The normalized spacial score (nSPS) is 32.2. The van der Waals surface area contributed by atoms with Crippen molar-refractivity contribution in [2.24, 2.45) is 17.8 Å². The Morgan fingerprint density at radius 1 is 1.44 bits per heavy atom. The van der Waals surface area contributed by atoms with Crippen LogP contribution in [-0.2, 0) is 19.1 Å². The number of carbonyl (C=O) groups is 3. The van der Waals surface area contributed by atoms with E-state index in [2.05, 4.69) is 4.74 Å². The zero-order valence-electron chi connectivity index (χ0n) is 8.80. The fraction of sp³-hybridized carbons (Fsp3) is 0.545. The van der Waals surface area contributed by atoms with Gasteiger partial charge in [-0.05, 0) is 5.92 Å². The number of ether oxygens (including phenoxy) is 1. The first-order valence-electron chi connectivity index (χ1n) is 5.09. The second-order valence-corrected chi connectivity index (χ2v) is 4.19. The monoisotopic (exact) mass is 224 g/mol. The summed E-state index contributed by atoms with van der Waals surface area (Å²) in [4.78, 5) is 33.7. The summed E-state index contributed by atoms with van der Waals surface area (Å²) < 4.78 is 4.62. The molecule has 1 fully saturated rings. The zero-order valence-corrected chi connectivity index (χ0v) is 8.80. The van der Waals surface area contributed by atoms with Crippen LogP contribution in [0.1, 0.15) is 12.8 Å². The summed E-state index contributed by atoms with van der Waals surface area (Å²) in [6.45, 7) is 0. The van der Waals surface area contributed by atoms with E-state index in [4.69, 9.17) is 5.11 Å². The van der Waals surface area contributed by atoms with Crippen molar-refractivity contribution in [2.45, 2.75) is 12.8 Å². The summed E-state index contributed by atoms with van der Waals surface area (Å²) in [7, 11) is 1.26. The average molecular weight is 224 g/mol. The summed E-state index contributed by atoms with van der Waals surface area (Å²) in [5.74, 6) is -2.58. The molecule has 5 heteroatoms. The van der Waals surface area contributed by atoms with Crippen molar-refractivity contribution in [3.8, 4) is 0 Å². The molecule has 0 aromatic heterocycles. The van der Waals surface area contributed by atoms with Gasteiger partial charge in [0.05, 0.1) is 13.0 Å². The smallest absolute Gasteiger partial charge is 0.331 e. The Labute approximate surface area is 92.1 Å². The van der Waals surface area contributed by atoms with Gasteiger partial charge in [0.1, 0.15) is 5.78 Å². The fourth-order valence-electron chi connectivity index (χ4n) is 2.65. The number of hydrogen-bond acceptors (Lipinski definition) is 4. The van der Waals surface area contributed by atoms with Crippen LogP contribution >= 0.6 is 0 Å². The van der Waals surface area contributed by atoms with Crippen molar-refractivity contribution in [2.75, 3.05) is 7.11 Å². The van der Waals surface area contributed by atoms with Crippen LogP contribution in [0.15, 0.2) is 11.6 Å². The number of esters is 1. The van der Waals surface area contributed by atoms with Crippen LogP contribution in [0.25, 0.3) is 0 Å². The molecule has 3 unspecified atom stereocenters. The van der Waals surface area contributed by atoms with Crippen LogP contribution in [0.3, 0.4) is 0 Å². The van der Waals surface area contributed by atoms with Crippen LogP contribution in [0.5, 0.6) is 0 Å². The van der Waals surface area contributed by atoms with E-state index >= 15 is 0 Å². The van der Waals surface area contributed by atoms with Crippen LogP contribution in [0.4, 0.5) is 0 Å². The molecule has 0 aromatic carbocycles. The highest BCUT2D eigenvalue weighted by molar-refractivity contribution is 5.94. The third-order valence-corrected chi connectivity index (χ3v) is 3.37. The molecule has 0 spiro atoms. The van der Waals surface area contributed by atoms with Gasteiger partial charge in [-0.25, -0.2) is 4.79 Å². The third-order valence-electron chi connectivity index (χ3n) is 3.37. The highest BCUT2D eigenvalue weighted by atomic mass is 16.5. The first-order valence-corrected chi connectivity index (χ1v) is 5.09. The first-order chi connectivity index (χ1) is 7.54. The second-order valence-electron chi connectivity index (χ2n) is 4.19. The van der Waals surface area contributed by atoms with Gasteiger partial charge in [-0.3, -0.25) is 9.59 Å². The van der Waals surface area contributed by atoms with Crippen molar-refractivity contribution < 1.29 is 24.2 Å². The topological polar surface area (TPSA) is 80.7 Å². The number of carboxylic acids is 1. The van der Waals surface area contributed by atoms with Gasteiger partial charge in [0.15, 0.2) is 0 Å². The highest BCUT2D eigenvalue weighted by Crippen LogP contribution is 2.46. The molecule has 2 rings (SSSR count). The van der Waals surface area contributed by atoms with Crippen LogP contribution in [-0.4, -0.2) is 29.9 Å². The molecule has 0 saturated heterocycles. The van der Waals surface area contributed by atoms with E-state index in [9.17, 15) is 14.4 Å². The molecule has 86 valence electrons. The van der Waals surface area contributed by atoms with E-state index in [1.54, 1.807) is 0 Å². The highest BCUT2D eigenvalue weighted by Gasteiger charge is 2.48. The van der Waals surface area contributed by atoms with Gasteiger partial charge in [-0.1, -0.05) is 6.08 Å². The number of aliphatic carboxylic acids is 1. The van der Waals surface area contributed by atoms with E-state index < -0.39 is 17.9 Å². The van der Waals surface area contributed by atoms with Crippen LogP contribution < -0.4 is 0 Å². The van der Waals surface area contributed by atoms with Gasteiger partial charge >= 0.3 is 11.9 Å². The van der Waals surface area contributed by atoms with Crippen molar-refractivity contribution in [1.82, 2.24) is 0 Å². The zero-order chi connectivity index (χ0) is 11.9. The van der Waals surface area contributed by atoms with Crippen molar-refractivity contribution in [3.05, 3.63) is 11.6 Å². The van der Waals surface area contributed by atoms with Crippen molar-refractivity contribution in [3.63, 3.8) is 0 Å². The number of rotatable bonds is 2. The number of hydrogen-bond donors (Lipinski definition) is 1. The maximum absolute atomic E-state index is 11.5. The lowest BCUT2D eigenvalue weighted by Crippen LogP contribution is -2.21. The quantitative estimate of drug-likeness (QED) is 0.686. The van der Waals surface area contributed by atoms with Gasteiger partial charge in [-0.2, -0.15) is 0 Å². The minimum Gasteiger partial charge on any atom is -0.478 e. The molecule has 0 bridgehead atoms. The second kappa shape index (κ2) is 3.73. The molecule has 1 N–H and O–H groups in total. The molecule has 0 aliphatic heterocycles. The Morgan fingerprint density at radius 3 is 2.69 bits per heavy atom. The maximum atomic E-state index is 11.5. The lowest BCUT2D eigenvalue weighted by Gasteiger charge is -2.15. The van der Waals surface area contributed by atoms with E-state index in [0.29, 0.717) is 0 Å². The lowest BCUT2D eigenvalue weighted by atomic mass is 9.89. The van der Waals surface area contributed by atoms with E-state index in [0.717, 1.165) is 0 Å². The summed E-state index contributed by atoms with van der Waals surface area (Å²) in [5, 5.41) is 8.99. The standard InChI is InChI=1S/C11H12O5/c1-16-11(15)9-4-8(10(13)14)6-2-5(12)3-7(6)9/h4,6-7,9H,2-3H2,1H3,(H,13,14). The number of methoxy groups -OCH3 is 1. The molecule has 3 atom stereocenters. The van der Waals surface area contributed by atoms with Gasteiger partial charge in [0.2, 0.25) is 0 Å². The number of Topliss-reactive ketones (excluding diaryl/α,β-unsaturated/α-hetero) is 1. The Morgan fingerprint density at radius 2 is 2.12 bits per heavy atom. The number of carboxylic acid groups (broad SMARTS) is 1.